The molecule has 0 saturated heterocycles. The molecule has 0 fully saturated rings. The van der Waals surface area contributed by atoms with Gasteiger partial charge in [0.05, 0.1) is 23.3 Å². The molecule has 0 saturated carbocycles. The van der Waals surface area contributed by atoms with Crippen molar-refractivity contribution in [3.8, 4) is 5.69 Å². The van der Waals surface area contributed by atoms with E-state index in [4.69, 9.17) is 0 Å². The average Bonchev–Trinajstić information content (AvgIpc) is 2.77. The molecular formula is C17H16Cl2N4OPd. The molecule has 3 aromatic rings. The molecule has 2 aromatic heterocycles. The van der Waals surface area contributed by atoms with Crippen LogP contribution >= 0.6 is 0 Å². The first-order valence-corrected chi connectivity index (χ1v) is 6.97. The number of aromatic nitrogens is 3. The topological polar surface area (TPSA) is 52.2 Å². The quantitative estimate of drug-likeness (QED) is 0.297. The summed E-state index contributed by atoms with van der Waals surface area (Å²) in [7, 11) is 1.85. The Morgan fingerprint density at radius 1 is 1.04 bits per heavy atom. The third-order valence-corrected chi connectivity index (χ3v) is 3.54. The second-order valence-electron chi connectivity index (χ2n) is 4.92. The zero-order chi connectivity index (χ0) is 15.5. The minimum absolute atomic E-state index is 0. The van der Waals surface area contributed by atoms with E-state index in [0.717, 1.165) is 17.1 Å². The number of nitrogens with zero attached hydrogens (tertiary/aromatic N) is 4. The third kappa shape index (κ3) is 4.90. The molecule has 0 spiro atoms. The standard InChI is InChI=1S/C17H16N4O.2ClH.Pd/c1-13-16(19-12-14-8-6-7-11-18-14)17(22)21(20(13)2)15-9-4-3-5-10-15;;;/h3-12H,1-2H3;2*1H;/q;;;+2/p-2. The molecule has 5 nitrogen and oxygen atoms in total. The van der Waals surface area contributed by atoms with Crippen LogP contribution in [0.5, 0.6) is 0 Å². The van der Waals surface area contributed by atoms with Crippen molar-refractivity contribution >= 4 is 11.9 Å². The minimum atomic E-state index is -0.140. The zero-order valence-corrected chi connectivity index (χ0v) is 16.6. The Kier molecular flexibility index (Phi) is 9.62. The summed E-state index contributed by atoms with van der Waals surface area (Å²) in [5.74, 6) is 0. The van der Waals surface area contributed by atoms with Crippen LogP contribution in [0.1, 0.15) is 11.4 Å². The summed E-state index contributed by atoms with van der Waals surface area (Å²) in [6.07, 6.45) is 3.31. The van der Waals surface area contributed by atoms with E-state index in [-0.39, 0.29) is 50.8 Å². The fourth-order valence-corrected chi connectivity index (χ4v) is 2.29. The van der Waals surface area contributed by atoms with Gasteiger partial charge in [0.1, 0.15) is 0 Å². The molecule has 0 atom stereocenters. The fourth-order valence-electron chi connectivity index (χ4n) is 2.29. The molecule has 2 heterocycles. The molecule has 25 heavy (non-hydrogen) atoms. The van der Waals surface area contributed by atoms with E-state index in [1.807, 2.05) is 67.2 Å². The predicted molar refractivity (Wildman–Crippen MR) is 87.2 cm³/mol. The minimum Gasteiger partial charge on any atom is -1.00 e. The van der Waals surface area contributed by atoms with Crippen LogP contribution in [0.25, 0.3) is 5.69 Å². The van der Waals surface area contributed by atoms with E-state index in [0.29, 0.717) is 5.69 Å². The number of rotatable bonds is 3. The fraction of sp³-hybridized carbons (Fsp3) is 0.118. The first-order chi connectivity index (χ1) is 10.7. The third-order valence-electron chi connectivity index (χ3n) is 3.54. The molecule has 1 aromatic carbocycles. The maximum Gasteiger partial charge on any atom is 2.00 e. The van der Waals surface area contributed by atoms with Crippen molar-refractivity contribution in [2.75, 3.05) is 0 Å². The van der Waals surface area contributed by atoms with Gasteiger partial charge in [0.25, 0.3) is 5.56 Å². The zero-order valence-electron chi connectivity index (χ0n) is 13.5. The van der Waals surface area contributed by atoms with Crippen LogP contribution in [-0.4, -0.2) is 20.6 Å². The van der Waals surface area contributed by atoms with Crippen molar-refractivity contribution in [2.45, 2.75) is 6.92 Å². The first kappa shape index (κ1) is 23.3. The smallest absolute Gasteiger partial charge is 1.00 e. The van der Waals surface area contributed by atoms with Crippen molar-refractivity contribution in [1.29, 1.82) is 0 Å². The Hall–Kier alpha value is -1.71. The van der Waals surface area contributed by atoms with Gasteiger partial charge in [-0.15, -0.1) is 0 Å². The molecule has 3 rings (SSSR count). The Balaban J connectivity index is 0.00000192. The SMILES string of the molecule is Cc1c(N=Cc2ccccn2)c(=O)n(-c2ccccc2)n1C.[Cl-].[Cl-].[Pd+2]. The van der Waals surface area contributed by atoms with E-state index in [1.165, 1.54) is 0 Å². The largest absolute Gasteiger partial charge is 2.00 e. The molecule has 0 amide bonds. The molecule has 134 valence electrons. The average molecular weight is 470 g/mol. The van der Waals surface area contributed by atoms with Crippen LogP contribution < -0.4 is 30.4 Å². The normalized spacial score (nSPS) is 9.84. The van der Waals surface area contributed by atoms with Gasteiger partial charge in [0.2, 0.25) is 0 Å². The predicted octanol–water partition coefficient (Wildman–Crippen LogP) is -3.36. The van der Waals surface area contributed by atoms with E-state index >= 15 is 0 Å². The van der Waals surface area contributed by atoms with Gasteiger partial charge in [-0.3, -0.25) is 14.5 Å². The van der Waals surface area contributed by atoms with E-state index in [2.05, 4.69) is 9.98 Å². The maximum absolute atomic E-state index is 12.6. The molecule has 0 aliphatic heterocycles. The van der Waals surface area contributed by atoms with E-state index in [9.17, 15) is 4.79 Å². The van der Waals surface area contributed by atoms with Crippen LogP contribution in [0.3, 0.4) is 0 Å². The van der Waals surface area contributed by atoms with Crippen LogP contribution in [0.15, 0.2) is 64.5 Å². The van der Waals surface area contributed by atoms with Gasteiger partial charge in [-0.25, -0.2) is 9.67 Å². The van der Waals surface area contributed by atoms with Crippen LogP contribution in [0, 0.1) is 6.92 Å². The molecule has 0 radical (unpaired) electrons. The number of halogens is 2. The van der Waals surface area contributed by atoms with Gasteiger partial charge >= 0.3 is 20.4 Å². The van der Waals surface area contributed by atoms with Crippen molar-refractivity contribution < 1.29 is 45.2 Å². The second kappa shape index (κ2) is 10.3. The van der Waals surface area contributed by atoms with Crippen molar-refractivity contribution in [1.82, 2.24) is 14.3 Å². The molecule has 0 unspecified atom stereocenters. The number of pyridine rings is 1. The summed E-state index contributed by atoms with van der Waals surface area (Å²) >= 11 is 0. The summed E-state index contributed by atoms with van der Waals surface area (Å²) in [6.45, 7) is 1.88. The Morgan fingerprint density at radius 2 is 1.68 bits per heavy atom. The molecule has 0 bridgehead atoms. The van der Waals surface area contributed by atoms with Gasteiger partial charge < -0.3 is 24.8 Å². The Labute approximate surface area is 172 Å². The number of benzene rings is 1. The summed E-state index contributed by atoms with van der Waals surface area (Å²) in [6, 6.07) is 15.1. The molecule has 8 heteroatoms. The van der Waals surface area contributed by atoms with Crippen molar-refractivity contribution in [3.05, 3.63) is 76.5 Å². The van der Waals surface area contributed by atoms with Crippen LogP contribution in [-0.2, 0) is 27.5 Å². The van der Waals surface area contributed by atoms with E-state index < -0.39 is 0 Å². The summed E-state index contributed by atoms with van der Waals surface area (Å²) in [4.78, 5) is 21.2. The summed E-state index contributed by atoms with van der Waals surface area (Å²) < 4.78 is 3.42. The summed E-state index contributed by atoms with van der Waals surface area (Å²) in [5, 5.41) is 0. The second-order valence-corrected chi connectivity index (χ2v) is 4.92. The molecule has 0 aliphatic carbocycles. The molecule has 0 aliphatic rings. The van der Waals surface area contributed by atoms with E-state index in [1.54, 1.807) is 17.1 Å². The van der Waals surface area contributed by atoms with Crippen LogP contribution in [0.2, 0.25) is 0 Å². The molecule has 0 N–H and O–H groups in total. The Bertz CT molecular complexity index is 877. The number of hydrogen-bond donors (Lipinski definition) is 0. The molecular weight excluding hydrogens is 454 g/mol. The van der Waals surface area contributed by atoms with Crippen LogP contribution in [0.4, 0.5) is 5.69 Å². The number of aliphatic imine (C=N–C) groups is 1. The van der Waals surface area contributed by atoms with Gasteiger partial charge in [0, 0.05) is 13.2 Å². The van der Waals surface area contributed by atoms with Gasteiger partial charge in [-0.2, -0.15) is 0 Å². The van der Waals surface area contributed by atoms with Crippen molar-refractivity contribution in [3.63, 3.8) is 0 Å². The van der Waals surface area contributed by atoms with Gasteiger partial charge in [-0.05, 0) is 31.2 Å². The maximum atomic E-state index is 12.6. The summed E-state index contributed by atoms with van der Waals surface area (Å²) in [5.41, 5.74) is 2.63. The number of para-hydroxylation sites is 1. The van der Waals surface area contributed by atoms with Crippen molar-refractivity contribution in [2.24, 2.45) is 12.0 Å². The van der Waals surface area contributed by atoms with Gasteiger partial charge in [-0.1, -0.05) is 24.3 Å². The monoisotopic (exact) mass is 468 g/mol. The number of hydrogen-bond acceptors (Lipinski definition) is 3. The van der Waals surface area contributed by atoms with Gasteiger partial charge in [0.15, 0.2) is 5.69 Å². The first-order valence-electron chi connectivity index (χ1n) is 6.97. The Morgan fingerprint density at radius 3 is 2.28 bits per heavy atom.